The number of aromatic amines is 1. The molecular formula is C13H8F3NO4. The van der Waals surface area contributed by atoms with Gasteiger partial charge in [0.15, 0.2) is 0 Å². The number of carboxylic acids is 1. The summed E-state index contributed by atoms with van der Waals surface area (Å²) in [7, 11) is 0. The van der Waals surface area contributed by atoms with Crippen LogP contribution in [-0.2, 0) is 0 Å². The molecule has 0 spiro atoms. The van der Waals surface area contributed by atoms with E-state index in [4.69, 9.17) is 5.11 Å². The number of hydrogen-bond donors (Lipinski definition) is 2. The molecule has 0 unspecified atom stereocenters. The molecule has 110 valence electrons. The van der Waals surface area contributed by atoms with Crippen LogP contribution >= 0.6 is 0 Å². The standard InChI is InChI=1S/C13H8F3NO4/c14-13(15,16)21-10-4-2-1-3-8(10)7-5-9(12(19)20)11(18)17-6-7/h1-6H,(H,17,18)(H,19,20). The van der Waals surface area contributed by atoms with Crippen molar-refractivity contribution < 1.29 is 27.8 Å². The fourth-order valence-electron chi connectivity index (χ4n) is 1.72. The zero-order chi connectivity index (χ0) is 15.6. The van der Waals surface area contributed by atoms with E-state index in [2.05, 4.69) is 9.72 Å². The SMILES string of the molecule is O=C(O)c1cc(-c2ccccc2OC(F)(F)F)c[nH]c1=O. The maximum atomic E-state index is 12.3. The van der Waals surface area contributed by atoms with E-state index >= 15 is 0 Å². The Morgan fingerprint density at radius 1 is 1.24 bits per heavy atom. The predicted octanol–water partition coefficient (Wildman–Crippen LogP) is 2.64. The number of benzene rings is 1. The van der Waals surface area contributed by atoms with Gasteiger partial charge < -0.3 is 14.8 Å². The minimum atomic E-state index is -4.88. The third-order valence-corrected chi connectivity index (χ3v) is 2.56. The summed E-state index contributed by atoms with van der Waals surface area (Å²) in [5.41, 5.74) is -1.32. The molecule has 2 rings (SSSR count). The Labute approximate surface area is 115 Å². The molecule has 0 radical (unpaired) electrons. The largest absolute Gasteiger partial charge is 0.573 e. The van der Waals surface area contributed by atoms with E-state index in [0.717, 1.165) is 18.3 Å². The van der Waals surface area contributed by atoms with Gasteiger partial charge in [-0.25, -0.2) is 4.79 Å². The molecule has 1 aromatic heterocycles. The quantitative estimate of drug-likeness (QED) is 0.913. The molecular weight excluding hydrogens is 291 g/mol. The number of para-hydroxylation sites is 1. The Kier molecular flexibility index (Phi) is 3.70. The molecule has 2 N–H and O–H groups in total. The molecule has 0 saturated heterocycles. The number of pyridine rings is 1. The molecule has 0 atom stereocenters. The Morgan fingerprint density at radius 3 is 2.52 bits per heavy atom. The van der Waals surface area contributed by atoms with Crippen molar-refractivity contribution in [3.8, 4) is 16.9 Å². The second-order valence-electron chi connectivity index (χ2n) is 3.98. The maximum Gasteiger partial charge on any atom is 0.573 e. The number of aromatic nitrogens is 1. The minimum Gasteiger partial charge on any atom is -0.477 e. The van der Waals surface area contributed by atoms with E-state index < -0.39 is 29.2 Å². The second-order valence-corrected chi connectivity index (χ2v) is 3.98. The van der Waals surface area contributed by atoms with Gasteiger partial charge in [-0.05, 0) is 12.1 Å². The van der Waals surface area contributed by atoms with E-state index in [1.54, 1.807) is 0 Å². The number of ether oxygens (including phenoxy) is 1. The number of carboxylic acid groups (broad SMARTS) is 1. The van der Waals surface area contributed by atoms with Crippen LogP contribution in [0.4, 0.5) is 13.2 Å². The predicted molar refractivity (Wildman–Crippen MR) is 66.1 cm³/mol. The van der Waals surface area contributed by atoms with Crippen LogP contribution in [0.2, 0.25) is 0 Å². The molecule has 0 saturated carbocycles. The summed E-state index contributed by atoms with van der Waals surface area (Å²) in [6, 6.07) is 6.20. The van der Waals surface area contributed by atoms with Crippen molar-refractivity contribution in [3.63, 3.8) is 0 Å². The normalized spacial score (nSPS) is 11.2. The Bertz CT molecular complexity index is 737. The summed E-state index contributed by atoms with van der Waals surface area (Å²) in [5, 5.41) is 8.86. The van der Waals surface area contributed by atoms with Crippen LogP contribution in [0.3, 0.4) is 0 Å². The van der Waals surface area contributed by atoms with Gasteiger partial charge in [0.25, 0.3) is 5.56 Å². The third-order valence-electron chi connectivity index (χ3n) is 2.56. The topological polar surface area (TPSA) is 79.4 Å². The van der Waals surface area contributed by atoms with Crippen LogP contribution in [-0.4, -0.2) is 22.4 Å². The number of halogens is 3. The number of nitrogens with one attached hydrogen (secondary N) is 1. The highest BCUT2D eigenvalue weighted by atomic mass is 19.4. The fraction of sp³-hybridized carbons (Fsp3) is 0.0769. The Morgan fingerprint density at radius 2 is 1.90 bits per heavy atom. The lowest BCUT2D eigenvalue weighted by atomic mass is 10.0. The molecule has 8 heteroatoms. The van der Waals surface area contributed by atoms with Crippen molar-refractivity contribution in [1.29, 1.82) is 0 Å². The molecule has 0 aliphatic rings. The van der Waals surface area contributed by atoms with E-state index in [1.807, 2.05) is 0 Å². The summed E-state index contributed by atoms with van der Waals surface area (Å²) in [4.78, 5) is 24.4. The minimum absolute atomic E-state index is 0.00794. The monoisotopic (exact) mass is 299 g/mol. The van der Waals surface area contributed by atoms with Gasteiger partial charge in [-0.15, -0.1) is 13.2 Å². The Balaban J connectivity index is 2.55. The first kappa shape index (κ1) is 14.6. The summed E-state index contributed by atoms with van der Waals surface area (Å²) < 4.78 is 40.9. The number of H-pyrrole nitrogens is 1. The molecule has 0 amide bonds. The van der Waals surface area contributed by atoms with Gasteiger partial charge in [-0.1, -0.05) is 18.2 Å². The van der Waals surface area contributed by atoms with Crippen molar-refractivity contribution in [2.24, 2.45) is 0 Å². The molecule has 21 heavy (non-hydrogen) atoms. The van der Waals surface area contributed by atoms with Gasteiger partial charge in [0.1, 0.15) is 11.3 Å². The number of hydrogen-bond acceptors (Lipinski definition) is 3. The van der Waals surface area contributed by atoms with Crippen LogP contribution in [0.1, 0.15) is 10.4 Å². The fourth-order valence-corrected chi connectivity index (χ4v) is 1.72. The zero-order valence-corrected chi connectivity index (χ0v) is 10.3. The first-order chi connectivity index (χ1) is 9.78. The maximum absolute atomic E-state index is 12.3. The van der Waals surface area contributed by atoms with Gasteiger partial charge in [0.2, 0.25) is 0 Å². The lowest BCUT2D eigenvalue weighted by Gasteiger charge is -2.13. The average molecular weight is 299 g/mol. The molecule has 2 aromatic rings. The summed E-state index contributed by atoms with van der Waals surface area (Å²) >= 11 is 0. The highest BCUT2D eigenvalue weighted by Crippen LogP contribution is 2.33. The van der Waals surface area contributed by atoms with E-state index in [9.17, 15) is 22.8 Å². The van der Waals surface area contributed by atoms with Gasteiger partial charge in [-0.2, -0.15) is 0 Å². The third kappa shape index (κ3) is 3.41. The molecule has 0 fully saturated rings. The van der Waals surface area contributed by atoms with Crippen LogP contribution < -0.4 is 10.3 Å². The lowest BCUT2D eigenvalue weighted by Crippen LogP contribution is -2.18. The smallest absolute Gasteiger partial charge is 0.477 e. The molecule has 0 bridgehead atoms. The first-order valence-electron chi connectivity index (χ1n) is 5.59. The van der Waals surface area contributed by atoms with E-state index in [-0.39, 0.29) is 11.1 Å². The number of alkyl halides is 3. The second kappa shape index (κ2) is 5.31. The van der Waals surface area contributed by atoms with Crippen LogP contribution in [0.15, 0.2) is 41.3 Å². The summed E-state index contributed by atoms with van der Waals surface area (Å²) in [6.07, 6.45) is -3.76. The van der Waals surface area contributed by atoms with Crippen LogP contribution in [0.5, 0.6) is 5.75 Å². The van der Waals surface area contributed by atoms with E-state index in [1.165, 1.54) is 18.2 Å². The van der Waals surface area contributed by atoms with Gasteiger partial charge in [0, 0.05) is 17.3 Å². The lowest BCUT2D eigenvalue weighted by molar-refractivity contribution is -0.274. The summed E-state index contributed by atoms with van der Waals surface area (Å²) in [5.74, 6) is -1.97. The number of rotatable bonds is 3. The summed E-state index contributed by atoms with van der Waals surface area (Å²) in [6.45, 7) is 0. The Hall–Kier alpha value is -2.77. The van der Waals surface area contributed by atoms with Crippen molar-refractivity contribution in [1.82, 2.24) is 4.98 Å². The molecule has 0 aliphatic heterocycles. The highest BCUT2D eigenvalue weighted by molar-refractivity contribution is 5.89. The van der Waals surface area contributed by atoms with Crippen molar-refractivity contribution >= 4 is 5.97 Å². The number of aromatic carboxylic acids is 1. The van der Waals surface area contributed by atoms with Crippen LogP contribution in [0, 0.1) is 0 Å². The van der Waals surface area contributed by atoms with Crippen molar-refractivity contribution in [2.75, 3.05) is 0 Å². The van der Waals surface area contributed by atoms with Gasteiger partial charge in [-0.3, -0.25) is 4.79 Å². The van der Waals surface area contributed by atoms with Gasteiger partial charge in [0.05, 0.1) is 0 Å². The molecule has 1 heterocycles. The molecule has 5 nitrogen and oxygen atoms in total. The van der Waals surface area contributed by atoms with Crippen molar-refractivity contribution in [3.05, 3.63) is 52.4 Å². The zero-order valence-electron chi connectivity index (χ0n) is 10.3. The van der Waals surface area contributed by atoms with Crippen LogP contribution in [0.25, 0.3) is 11.1 Å². The molecule has 1 aromatic carbocycles. The average Bonchev–Trinajstić information content (AvgIpc) is 2.38. The molecule has 0 aliphatic carbocycles. The van der Waals surface area contributed by atoms with E-state index in [0.29, 0.717) is 0 Å². The highest BCUT2D eigenvalue weighted by Gasteiger charge is 2.32. The van der Waals surface area contributed by atoms with Gasteiger partial charge >= 0.3 is 12.3 Å². The number of carbonyl (C=O) groups is 1. The first-order valence-corrected chi connectivity index (χ1v) is 5.59. The van der Waals surface area contributed by atoms with Crippen molar-refractivity contribution in [2.45, 2.75) is 6.36 Å².